The van der Waals surface area contributed by atoms with Crippen molar-refractivity contribution < 1.29 is 0 Å². The van der Waals surface area contributed by atoms with Gasteiger partial charge in [-0.2, -0.15) is 0 Å². The highest BCUT2D eigenvalue weighted by molar-refractivity contribution is 6.10. The predicted octanol–water partition coefficient (Wildman–Crippen LogP) is 6.53. The van der Waals surface area contributed by atoms with Crippen LogP contribution in [-0.2, 0) is 0 Å². The molecule has 0 fully saturated rings. The van der Waals surface area contributed by atoms with Crippen molar-refractivity contribution in [2.45, 2.75) is 0 Å². The van der Waals surface area contributed by atoms with Crippen molar-refractivity contribution in [1.29, 1.82) is 0 Å². The molecule has 0 aliphatic rings. The molecule has 124 valence electrons. The fraction of sp³-hybridized carbons (Fsp3) is 0. The van der Waals surface area contributed by atoms with Crippen molar-refractivity contribution in [3.05, 3.63) is 103 Å². The van der Waals surface area contributed by atoms with E-state index in [4.69, 9.17) is 0 Å². The Labute approximate surface area is 152 Å². The molecule has 0 atom stereocenters. The summed E-state index contributed by atoms with van der Waals surface area (Å²) >= 11 is 0. The van der Waals surface area contributed by atoms with Gasteiger partial charge >= 0.3 is 0 Å². The topological polar surface area (TPSA) is 17.0 Å². The van der Waals surface area contributed by atoms with Gasteiger partial charge < -0.3 is 9.88 Å². The Kier molecular flexibility index (Phi) is 3.46. The number of nitrogens with zero attached hydrogens (tertiary/aromatic N) is 1. The minimum Gasteiger partial charge on any atom is -0.355 e. The van der Waals surface area contributed by atoms with Gasteiger partial charge in [0.05, 0.1) is 11.0 Å². The van der Waals surface area contributed by atoms with Crippen LogP contribution in [0.1, 0.15) is 0 Å². The Morgan fingerprint density at radius 2 is 1.15 bits per heavy atom. The molecular formula is C24H18N2. The first-order chi connectivity index (χ1) is 12.9. The van der Waals surface area contributed by atoms with Crippen LogP contribution in [0.3, 0.4) is 0 Å². The quantitative estimate of drug-likeness (QED) is 0.397. The normalized spacial score (nSPS) is 11.1. The van der Waals surface area contributed by atoms with Crippen molar-refractivity contribution in [2.75, 3.05) is 5.32 Å². The Morgan fingerprint density at radius 3 is 1.96 bits per heavy atom. The first-order valence-electron chi connectivity index (χ1n) is 8.81. The second-order valence-electron chi connectivity index (χ2n) is 6.41. The molecule has 26 heavy (non-hydrogen) atoms. The molecule has 0 bridgehead atoms. The summed E-state index contributed by atoms with van der Waals surface area (Å²) in [7, 11) is 0. The summed E-state index contributed by atoms with van der Waals surface area (Å²) in [5.41, 5.74) is 5.79. The number of nitrogens with one attached hydrogen (secondary N) is 1. The third kappa shape index (κ3) is 2.44. The summed E-state index contributed by atoms with van der Waals surface area (Å²) in [6, 6.07) is 36.0. The molecule has 0 amide bonds. The average Bonchev–Trinajstić information content (AvgIpc) is 3.03. The van der Waals surface area contributed by atoms with E-state index in [0.29, 0.717) is 0 Å². The van der Waals surface area contributed by atoms with Gasteiger partial charge in [0, 0.05) is 27.8 Å². The van der Waals surface area contributed by atoms with Crippen molar-refractivity contribution in [2.24, 2.45) is 0 Å². The number of hydrogen-bond donors (Lipinski definition) is 1. The summed E-state index contributed by atoms with van der Waals surface area (Å²) in [6.07, 6.45) is 0. The number of benzene rings is 4. The maximum Gasteiger partial charge on any atom is 0.0561 e. The number of hydrogen-bond acceptors (Lipinski definition) is 1. The van der Waals surface area contributed by atoms with Crippen molar-refractivity contribution >= 4 is 33.2 Å². The van der Waals surface area contributed by atoms with Crippen molar-refractivity contribution in [3.63, 3.8) is 0 Å². The second kappa shape index (κ2) is 6.08. The van der Waals surface area contributed by atoms with E-state index in [-0.39, 0.29) is 0 Å². The largest absolute Gasteiger partial charge is 0.355 e. The lowest BCUT2D eigenvalue weighted by Gasteiger charge is -2.10. The minimum absolute atomic E-state index is 1.09. The molecule has 0 radical (unpaired) electrons. The highest BCUT2D eigenvalue weighted by atomic mass is 15.0. The van der Waals surface area contributed by atoms with Gasteiger partial charge in [-0.05, 0) is 42.5 Å². The van der Waals surface area contributed by atoms with E-state index >= 15 is 0 Å². The molecule has 5 aromatic rings. The maximum atomic E-state index is 3.51. The summed E-state index contributed by atoms with van der Waals surface area (Å²) in [5.74, 6) is 0. The van der Waals surface area contributed by atoms with Crippen molar-refractivity contribution in [3.8, 4) is 5.69 Å². The molecular weight excluding hydrogens is 316 g/mol. The molecule has 1 N–H and O–H groups in total. The van der Waals surface area contributed by atoms with E-state index in [1.165, 1.54) is 27.5 Å². The zero-order valence-corrected chi connectivity index (χ0v) is 14.3. The highest BCUT2D eigenvalue weighted by Crippen LogP contribution is 2.34. The number of para-hydroxylation sites is 3. The Morgan fingerprint density at radius 1 is 0.500 bits per heavy atom. The van der Waals surface area contributed by atoms with Crippen LogP contribution in [-0.4, -0.2) is 4.57 Å². The molecule has 4 aromatic carbocycles. The van der Waals surface area contributed by atoms with Gasteiger partial charge in [0.1, 0.15) is 0 Å². The average molecular weight is 334 g/mol. The van der Waals surface area contributed by atoms with Crippen LogP contribution in [0.4, 0.5) is 11.4 Å². The van der Waals surface area contributed by atoms with Crippen LogP contribution in [0.25, 0.3) is 27.5 Å². The number of fused-ring (bicyclic) bond motifs is 3. The molecule has 0 aliphatic carbocycles. The van der Waals surface area contributed by atoms with Gasteiger partial charge in [0.2, 0.25) is 0 Å². The van der Waals surface area contributed by atoms with Gasteiger partial charge in [-0.1, -0.05) is 60.7 Å². The lowest BCUT2D eigenvalue weighted by molar-refractivity contribution is 1.18. The van der Waals surface area contributed by atoms with E-state index in [1.807, 2.05) is 18.2 Å². The lowest BCUT2D eigenvalue weighted by atomic mass is 10.1. The van der Waals surface area contributed by atoms with Crippen LogP contribution in [0, 0.1) is 0 Å². The zero-order chi connectivity index (χ0) is 17.3. The summed E-state index contributed by atoms with van der Waals surface area (Å²) < 4.78 is 2.33. The Bertz CT molecular complexity index is 1190. The van der Waals surface area contributed by atoms with Gasteiger partial charge in [-0.15, -0.1) is 0 Å². The third-order valence-corrected chi connectivity index (χ3v) is 4.75. The molecule has 0 saturated heterocycles. The van der Waals surface area contributed by atoms with Crippen LogP contribution in [0.15, 0.2) is 103 Å². The van der Waals surface area contributed by atoms with Crippen LogP contribution in [0.5, 0.6) is 0 Å². The molecule has 0 spiro atoms. The smallest absolute Gasteiger partial charge is 0.0561 e. The van der Waals surface area contributed by atoms with E-state index in [2.05, 4.69) is 94.8 Å². The second-order valence-corrected chi connectivity index (χ2v) is 6.41. The first kappa shape index (κ1) is 14.8. The van der Waals surface area contributed by atoms with E-state index in [1.54, 1.807) is 0 Å². The number of rotatable bonds is 3. The Hall–Kier alpha value is -3.52. The summed E-state index contributed by atoms with van der Waals surface area (Å²) in [6.45, 7) is 0. The van der Waals surface area contributed by atoms with Gasteiger partial charge in [0.15, 0.2) is 0 Å². The first-order valence-corrected chi connectivity index (χ1v) is 8.81. The standard InChI is InChI=1S/C24H18N2/c1-3-9-18(10-4-1)25-19-15-16-22-21-13-7-8-14-23(21)26(24(22)17-19)20-11-5-2-6-12-20/h1-17,25H. The zero-order valence-electron chi connectivity index (χ0n) is 14.3. The van der Waals surface area contributed by atoms with Crippen LogP contribution < -0.4 is 5.32 Å². The van der Waals surface area contributed by atoms with E-state index in [9.17, 15) is 0 Å². The number of anilines is 2. The van der Waals surface area contributed by atoms with E-state index in [0.717, 1.165) is 11.4 Å². The summed E-state index contributed by atoms with van der Waals surface area (Å²) in [5, 5.41) is 6.05. The Balaban J connectivity index is 1.75. The third-order valence-electron chi connectivity index (χ3n) is 4.75. The maximum absolute atomic E-state index is 3.51. The molecule has 1 aromatic heterocycles. The molecule has 0 unspecified atom stereocenters. The monoisotopic (exact) mass is 334 g/mol. The molecule has 2 heteroatoms. The molecule has 5 rings (SSSR count). The van der Waals surface area contributed by atoms with Gasteiger partial charge in [0.25, 0.3) is 0 Å². The SMILES string of the molecule is c1ccc(Nc2ccc3c4ccccc4n(-c4ccccc4)c3c2)cc1. The summed E-state index contributed by atoms with van der Waals surface area (Å²) in [4.78, 5) is 0. The molecule has 1 heterocycles. The van der Waals surface area contributed by atoms with Gasteiger partial charge in [-0.3, -0.25) is 0 Å². The fourth-order valence-corrected chi connectivity index (χ4v) is 3.59. The van der Waals surface area contributed by atoms with Gasteiger partial charge in [-0.25, -0.2) is 0 Å². The highest BCUT2D eigenvalue weighted by Gasteiger charge is 2.12. The molecule has 0 aliphatic heterocycles. The molecule has 2 nitrogen and oxygen atoms in total. The van der Waals surface area contributed by atoms with Crippen LogP contribution in [0.2, 0.25) is 0 Å². The molecule has 0 saturated carbocycles. The predicted molar refractivity (Wildman–Crippen MR) is 111 cm³/mol. The minimum atomic E-state index is 1.09. The van der Waals surface area contributed by atoms with Crippen LogP contribution >= 0.6 is 0 Å². The lowest BCUT2D eigenvalue weighted by Crippen LogP contribution is -1.94. The van der Waals surface area contributed by atoms with Crippen molar-refractivity contribution in [1.82, 2.24) is 4.57 Å². The van der Waals surface area contributed by atoms with E-state index < -0.39 is 0 Å². The number of aromatic nitrogens is 1. The fourth-order valence-electron chi connectivity index (χ4n) is 3.59.